The quantitative estimate of drug-likeness (QED) is 0.358. The van der Waals surface area contributed by atoms with E-state index in [1.165, 1.54) is 16.7 Å². The van der Waals surface area contributed by atoms with Crippen LogP contribution in [0.1, 0.15) is 33.1 Å². The van der Waals surface area contributed by atoms with E-state index in [-0.39, 0.29) is 10.9 Å². The van der Waals surface area contributed by atoms with Crippen LogP contribution in [-0.2, 0) is 16.3 Å². The number of rotatable bonds is 5. The second-order valence-corrected chi connectivity index (χ2v) is 10.2. The summed E-state index contributed by atoms with van der Waals surface area (Å²) in [6, 6.07) is 18.7. The Labute approximate surface area is 168 Å². The summed E-state index contributed by atoms with van der Waals surface area (Å²) in [5.74, 6) is 0.544. The first kappa shape index (κ1) is 19.8. The van der Waals surface area contributed by atoms with Crippen molar-refractivity contribution in [3.8, 4) is 11.1 Å². The summed E-state index contributed by atoms with van der Waals surface area (Å²) in [4.78, 5) is 0. The van der Waals surface area contributed by atoms with Gasteiger partial charge in [0.2, 0.25) is 17.1 Å². The number of allylic oxidation sites excluding steroid dienone is 1. The van der Waals surface area contributed by atoms with Crippen LogP contribution in [0, 0.1) is 5.92 Å². The van der Waals surface area contributed by atoms with Crippen molar-refractivity contribution in [2.75, 3.05) is 0 Å². The lowest BCUT2D eigenvalue weighted by Gasteiger charge is -2.38. The molecule has 1 saturated carbocycles. The van der Waals surface area contributed by atoms with Crippen molar-refractivity contribution in [1.29, 1.82) is 0 Å². The molecule has 136 valence electrons. The number of benzene rings is 2. The van der Waals surface area contributed by atoms with Gasteiger partial charge in [-0.3, -0.25) is 0 Å². The van der Waals surface area contributed by atoms with Gasteiger partial charge in [0.25, 0.3) is 0 Å². The highest BCUT2D eigenvalue weighted by atomic mass is 32.4. The van der Waals surface area contributed by atoms with Crippen LogP contribution in [0.25, 0.3) is 11.1 Å². The summed E-state index contributed by atoms with van der Waals surface area (Å²) in [6.07, 6.45) is 3.08. The van der Waals surface area contributed by atoms with Crippen molar-refractivity contribution >= 4 is 36.7 Å². The summed E-state index contributed by atoms with van der Waals surface area (Å²) < 4.78 is 6.54. The summed E-state index contributed by atoms with van der Waals surface area (Å²) in [5, 5.41) is 1.29. The van der Waals surface area contributed by atoms with Crippen molar-refractivity contribution in [3.63, 3.8) is 0 Å². The molecule has 1 aliphatic carbocycles. The zero-order chi connectivity index (χ0) is 18.7. The molecule has 0 spiro atoms. The Morgan fingerprint density at radius 1 is 1.19 bits per heavy atom. The minimum Gasteiger partial charge on any atom is -0.173 e. The van der Waals surface area contributed by atoms with E-state index in [1.807, 2.05) is 12.1 Å². The van der Waals surface area contributed by atoms with Crippen molar-refractivity contribution in [1.82, 2.24) is 0 Å². The van der Waals surface area contributed by atoms with Gasteiger partial charge in [0.15, 0.2) is 0 Å². The molecule has 0 amide bonds. The molecule has 0 aromatic heterocycles. The Kier molecular flexibility index (Phi) is 6.35. The molecule has 1 unspecified atom stereocenters. The molecule has 0 bridgehead atoms. The van der Waals surface area contributed by atoms with E-state index in [4.69, 9.17) is 29.0 Å². The van der Waals surface area contributed by atoms with Crippen LogP contribution in [0.3, 0.4) is 0 Å². The molecular weight excluding hydrogens is 375 g/mol. The Hall–Kier alpha value is -0.990. The Balaban J connectivity index is 1.82. The first-order valence-corrected chi connectivity index (χ1v) is 11.8. The van der Waals surface area contributed by atoms with Crippen LogP contribution >= 0.6 is 19.6 Å². The third-order valence-corrected chi connectivity index (χ3v) is 8.31. The van der Waals surface area contributed by atoms with Gasteiger partial charge >= 0.3 is 6.92 Å². The summed E-state index contributed by atoms with van der Waals surface area (Å²) in [5.41, 5.74) is 3.32. The minimum atomic E-state index is -1.14. The van der Waals surface area contributed by atoms with Crippen LogP contribution in [0.2, 0.25) is 0 Å². The van der Waals surface area contributed by atoms with Gasteiger partial charge in [-0.25, -0.2) is 0 Å². The van der Waals surface area contributed by atoms with Crippen molar-refractivity contribution in [2.24, 2.45) is 5.92 Å². The van der Waals surface area contributed by atoms with Gasteiger partial charge in [-0.2, -0.15) is 17.2 Å². The topological polar surface area (TPSA) is 9.23 Å². The highest BCUT2D eigenvalue weighted by Crippen LogP contribution is 2.45. The molecule has 0 heterocycles. The molecule has 1 aliphatic rings. The van der Waals surface area contributed by atoms with Crippen LogP contribution in [0.5, 0.6) is 0 Å². The first-order valence-electron chi connectivity index (χ1n) is 9.05. The summed E-state index contributed by atoms with van der Waals surface area (Å²) >= 11 is 10.7. The molecule has 4 atom stereocenters. The van der Waals surface area contributed by atoms with Crippen LogP contribution in [0.4, 0.5) is 0 Å². The SMILES string of the molecule is C=C(C)[C@@H]1CC[C@](C)(O[P+](=S)c2ccccc2-c2ccccc2)[C@@H](S)C1. The molecule has 0 N–H and O–H groups in total. The van der Waals surface area contributed by atoms with E-state index in [0.29, 0.717) is 5.92 Å². The fourth-order valence-corrected chi connectivity index (χ4v) is 6.36. The summed E-state index contributed by atoms with van der Waals surface area (Å²) in [7, 11) is 0. The maximum atomic E-state index is 6.54. The monoisotopic (exact) mass is 401 g/mol. The molecule has 3 rings (SSSR count). The van der Waals surface area contributed by atoms with E-state index >= 15 is 0 Å². The molecule has 0 saturated heterocycles. The van der Waals surface area contributed by atoms with Gasteiger partial charge in [0.1, 0.15) is 5.60 Å². The van der Waals surface area contributed by atoms with Gasteiger partial charge in [-0.1, -0.05) is 54.6 Å². The van der Waals surface area contributed by atoms with E-state index in [0.717, 1.165) is 24.6 Å². The minimum absolute atomic E-state index is 0.176. The lowest BCUT2D eigenvalue weighted by atomic mass is 9.77. The van der Waals surface area contributed by atoms with E-state index in [9.17, 15) is 0 Å². The highest BCUT2D eigenvalue weighted by Gasteiger charge is 2.45. The third-order valence-electron chi connectivity index (χ3n) is 5.38. The van der Waals surface area contributed by atoms with E-state index < -0.39 is 6.92 Å². The van der Waals surface area contributed by atoms with Crippen molar-refractivity contribution in [2.45, 2.75) is 44.0 Å². The molecule has 2 aromatic rings. The number of hydrogen-bond acceptors (Lipinski definition) is 3. The molecule has 1 fully saturated rings. The standard InChI is InChI=1S/C22H25OPS2/c1-16(2)18-13-14-22(3,21(25)15-18)23-24(26)20-12-8-7-11-19(20)17-9-5-4-6-10-17/h4-12,18,21H,1,13-15H2,2-3H3/p+1/t18-,21+,22+/m1/s1. The molecule has 0 radical (unpaired) electrons. The fraction of sp³-hybridized carbons (Fsp3) is 0.364. The maximum absolute atomic E-state index is 6.54. The normalized spacial score (nSPS) is 26.3. The fourth-order valence-electron chi connectivity index (χ4n) is 3.55. The third kappa shape index (κ3) is 4.28. The lowest BCUT2D eigenvalue weighted by Crippen LogP contribution is -2.43. The number of hydrogen-bond donors (Lipinski definition) is 1. The van der Waals surface area contributed by atoms with Gasteiger partial charge < -0.3 is 0 Å². The van der Waals surface area contributed by atoms with Gasteiger partial charge in [-0.05, 0) is 56.7 Å². The van der Waals surface area contributed by atoms with Crippen molar-refractivity contribution in [3.05, 3.63) is 66.7 Å². The van der Waals surface area contributed by atoms with Gasteiger partial charge in [-0.15, -0.1) is 0 Å². The highest BCUT2D eigenvalue weighted by molar-refractivity contribution is 8.06. The number of thiol groups is 1. The Morgan fingerprint density at radius 3 is 2.50 bits per heavy atom. The molecule has 0 aliphatic heterocycles. The second kappa shape index (κ2) is 8.35. The zero-order valence-corrected chi connectivity index (χ0v) is 18.0. The molecular formula is C22H26OPS2+. The molecule has 1 nitrogen and oxygen atoms in total. The van der Waals surface area contributed by atoms with Crippen LogP contribution in [0.15, 0.2) is 66.7 Å². The predicted octanol–water partition coefficient (Wildman–Crippen LogP) is 6.29. The van der Waals surface area contributed by atoms with Crippen LogP contribution in [-0.4, -0.2) is 10.9 Å². The molecule has 4 heteroatoms. The maximum Gasteiger partial charge on any atom is 0.379 e. The average Bonchev–Trinajstić information content (AvgIpc) is 2.64. The zero-order valence-electron chi connectivity index (χ0n) is 15.4. The Morgan fingerprint density at radius 2 is 1.85 bits per heavy atom. The predicted molar refractivity (Wildman–Crippen MR) is 120 cm³/mol. The first-order chi connectivity index (χ1) is 12.4. The smallest absolute Gasteiger partial charge is 0.173 e. The largest absolute Gasteiger partial charge is 0.379 e. The molecule has 26 heavy (non-hydrogen) atoms. The lowest BCUT2D eigenvalue weighted by molar-refractivity contribution is 0.0627. The Bertz CT molecular complexity index is 805. The summed E-state index contributed by atoms with van der Waals surface area (Å²) in [6.45, 7) is 7.28. The van der Waals surface area contributed by atoms with Gasteiger partial charge in [0, 0.05) is 10.8 Å². The average molecular weight is 402 g/mol. The van der Waals surface area contributed by atoms with E-state index in [1.54, 1.807) is 0 Å². The molecule has 2 aromatic carbocycles. The second-order valence-electron chi connectivity index (χ2n) is 7.38. The van der Waals surface area contributed by atoms with E-state index in [2.05, 4.69) is 62.9 Å². The van der Waals surface area contributed by atoms with Crippen LogP contribution < -0.4 is 5.30 Å². The van der Waals surface area contributed by atoms with Gasteiger partial charge in [0.05, 0.1) is 0 Å². The van der Waals surface area contributed by atoms with Crippen molar-refractivity contribution < 1.29 is 4.52 Å².